The molecule has 0 fully saturated rings. The zero-order valence-electron chi connectivity index (χ0n) is 8.03. The maximum atomic E-state index is 13.0. The molecule has 0 aromatic heterocycles. The van der Waals surface area contributed by atoms with Crippen molar-refractivity contribution in [1.82, 2.24) is 0 Å². The number of thioether (sulfide) groups is 1. The van der Waals surface area contributed by atoms with Gasteiger partial charge in [0.15, 0.2) is 0 Å². The smallest absolute Gasteiger partial charge is 0.123 e. The monoisotopic (exact) mass is 212 g/mol. The number of fused-ring (bicyclic) bond motifs is 1. The first-order valence-corrected chi connectivity index (χ1v) is 5.75. The van der Waals surface area contributed by atoms with Gasteiger partial charge in [-0.3, -0.25) is 0 Å². The molecule has 1 aliphatic heterocycles. The zero-order chi connectivity index (χ0) is 10.1. The highest BCUT2D eigenvalue weighted by atomic mass is 32.2. The summed E-state index contributed by atoms with van der Waals surface area (Å²) in [6.45, 7) is 1.78. The second-order valence-electron chi connectivity index (χ2n) is 3.77. The van der Waals surface area contributed by atoms with Gasteiger partial charge in [-0.05, 0) is 43.0 Å². The van der Waals surface area contributed by atoms with Gasteiger partial charge in [0.25, 0.3) is 0 Å². The topological polar surface area (TPSA) is 20.2 Å². The molecule has 14 heavy (non-hydrogen) atoms. The quantitative estimate of drug-likeness (QED) is 0.813. The van der Waals surface area contributed by atoms with Gasteiger partial charge < -0.3 is 5.11 Å². The van der Waals surface area contributed by atoms with Crippen LogP contribution in [0.2, 0.25) is 0 Å². The average Bonchev–Trinajstić information content (AvgIpc) is 2.47. The van der Waals surface area contributed by atoms with E-state index >= 15 is 0 Å². The SMILES string of the molecule is CC(O)CC1CSc2ccc(F)cc21. The van der Waals surface area contributed by atoms with Crippen LogP contribution in [0, 0.1) is 5.82 Å². The first-order chi connectivity index (χ1) is 6.66. The molecule has 0 radical (unpaired) electrons. The van der Waals surface area contributed by atoms with Crippen molar-refractivity contribution in [3.8, 4) is 0 Å². The van der Waals surface area contributed by atoms with Crippen molar-refractivity contribution in [2.45, 2.75) is 30.3 Å². The molecule has 0 saturated carbocycles. The Bertz CT molecular complexity index is 338. The van der Waals surface area contributed by atoms with Gasteiger partial charge in [-0.2, -0.15) is 0 Å². The second kappa shape index (κ2) is 3.91. The Balaban J connectivity index is 2.24. The molecule has 0 aliphatic carbocycles. The van der Waals surface area contributed by atoms with Crippen molar-refractivity contribution >= 4 is 11.8 Å². The van der Waals surface area contributed by atoms with E-state index in [9.17, 15) is 9.50 Å². The van der Waals surface area contributed by atoms with Crippen molar-refractivity contribution in [3.05, 3.63) is 29.6 Å². The molecule has 1 aliphatic rings. The normalized spacial score (nSPS) is 22.1. The van der Waals surface area contributed by atoms with Gasteiger partial charge >= 0.3 is 0 Å². The highest BCUT2D eigenvalue weighted by Crippen LogP contribution is 2.41. The molecule has 2 rings (SSSR count). The lowest BCUT2D eigenvalue weighted by atomic mass is 9.95. The van der Waals surface area contributed by atoms with Crippen LogP contribution in [-0.4, -0.2) is 17.0 Å². The minimum absolute atomic E-state index is 0.179. The molecule has 0 saturated heterocycles. The van der Waals surface area contributed by atoms with E-state index in [2.05, 4.69) is 0 Å². The number of aliphatic hydroxyl groups excluding tert-OH is 1. The molecular weight excluding hydrogens is 199 g/mol. The van der Waals surface area contributed by atoms with Crippen LogP contribution in [0.4, 0.5) is 4.39 Å². The van der Waals surface area contributed by atoms with Crippen molar-refractivity contribution in [3.63, 3.8) is 0 Å². The summed E-state index contributed by atoms with van der Waals surface area (Å²) >= 11 is 1.75. The van der Waals surface area contributed by atoms with Crippen molar-refractivity contribution in [1.29, 1.82) is 0 Å². The fourth-order valence-electron chi connectivity index (χ4n) is 1.86. The van der Waals surface area contributed by atoms with E-state index in [0.717, 1.165) is 22.6 Å². The van der Waals surface area contributed by atoms with E-state index in [0.29, 0.717) is 5.92 Å². The second-order valence-corrected chi connectivity index (χ2v) is 4.84. The average molecular weight is 212 g/mol. The number of benzene rings is 1. The maximum absolute atomic E-state index is 13.0. The van der Waals surface area contributed by atoms with Crippen LogP contribution in [0.25, 0.3) is 0 Å². The van der Waals surface area contributed by atoms with Crippen LogP contribution >= 0.6 is 11.8 Å². The third kappa shape index (κ3) is 1.93. The number of halogens is 1. The molecule has 2 atom stereocenters. The van der Waals surface area contributed by atoms with E-state index in [1.165, 1.54) is 6.07 Å². The van der Waals surface area contributed by atoms with Crippen LogP contribution < -0.4 is 0 Å². The third-order valence-electron chi connectivity index (χ3n) is 2.48. The van der Waals surface area contributed by atoms with E-state index in [4.69, 9.17) is 0 Å². The molecule has 1 heterocycles. The first-order valence-electron chi connectivity index (χ1n) is 4.77. The van der Waals surface area contributed by atoms with Crippen molar-refractivity contribution in [2.75, 3.05) is 5.75 Å². The zero-order valence-corrected chi connectivity index (χ0v) is 8.85. The standard InChI is InChI=1S/C11H13FOS/c1-7(13)4-8-6-14-11-3-2-9(12)5-10(8)11/h2-3,5,7-8,13H,4,6H2,1H3. The molecule has 1 nitrogen and oxygen atoms in total. The molecule has 1 N–H and O–H groups in total. The first kappa shape index (κ1) is 9.99. The number of aliphatic hydroxyl groups is 1. The van der Waals surface area contributed by atoms with Crippen LogP contribution in [0.5, 0.6) is 0 Å². The van der Waals surface area contributed by atoms with Gasteiger partial charge in [0, 0.05) is 10.6 Å². The summed E-state index contributed by atoms with van der Waals surface area (Å²) in [6, 6.07) is 4.93. The van der Waals surface area contributed by atoms with E-state index in [1.807, 2.05) is 6.07 Å². The predicted molar refractivity (Wildman–Crippen MR) is 56.2 cm³/mol. The van der Waals surface area contributed by atoms with Crippen LogP contribution in [0.1, 0.15) is 24.8 Å². The minimum Gasteiger partial charge on any atom is -0.393 e. The van der Waals surface area contributed by atoms with Gasteiger partial charge in [0.2, 0.25) is 0 Å². The van der Waals surface area contributed by atoms with Crippen LogP contribution in [-0.2, 0) is 0 Å². The number of hydrogen-bond acceptors (Lipinski definition) is 2. The minimum atomic E-state index is -0.310. The lowest BCUT2D eigenvalue weighted by molar-refractivity contribution is 0.177. The molecular formula is C11H13FOS. The van der Waals surface area contributed by atoms with Gasteiger partial charge in [0.05, 0.1) is 6.10 Å². The lowest BCUT2D eigenvalue weighted by Gasteiger charge is -2.12. The molecule has 0 spiro atoms. The van der Waals surface area contributed by atoms with Crippen LogP contribution in [0.15, 0.2) is 23.1 Å². The predicted octanol–water partition coefficient (Wildman–Crippen LogP) is 2.79. The van der Waals surface area contributed by atoms with Crippen LogP contribution in [0.3, 0.4) is 0 Å². The Kier molecular flexibility index (Phi) is 2.79. The van der Waals surface area contributed by atoms with Gasteiger partial charge in [-0.1, -0.05) is 0 Å². The molecule has 76 valence electrons. The Morgan fingerprint density at radius 1 is 1.64 bits per heavy atom. The fraction of sp³-hybridized carbons (Fsp3) is 0.455. The van der Waals surface area contributed by atoms with Gasteiger partial charge in [-0.15, -0.1) is 11.8 Å². The van der Waals surface area contributed by atoms with Gasteiger partial charge in [-0.25, -0.2) is 4.39 Å². The summed E-state index contributed by atoms with van der Waals surface area (Å²) in [6.07, 6.45) is 0.415. The molecule has 0 bridgehead atoms. The molecule has 2 unspecified atom stereocenters. The number of rotatable bonds is 2. The molecule has 1 aromatic carbocycles. The van der Waals surface area contributed by atoms with Crippen molar-refractivity contribution < 1.29 is 9.50 Å². The van der Waals surface area contributed by atoms with E-state index in [-0.39, 0.29) is 11.9 Å². The fourth-order valence-corrected chi connectivity index (χ4v) is 3.11. The molecule has 1 aromatic rings. The lowest BCUT2D eigenvalue weighted by Crippen LogP contribution is -2.08. The Morgan fingerprint density at radius 3 is 3.14 bits per heavy atom. The van der Waals surface area contributed by atoms with Gasteiger partial charge in [0.1, 0.15) is 5.82 Å². The number of hydrogen-bond donors (Lipinski definition) is 1. The highest BCUT2D eigenvalue weighted by molar-refractivity contribution is 7.99. The van der Waals surface area contributed by atoms with E-state index < -0.39 is 0 Å². The van der Waals surface area contributed by atoms with Crippen molar-refractivity contribution in [2.24, 2.45) is 0 Å². The largest absolute Gasteiger partial charge is 0.393 e. The summed E-state index contributed by atoms with van der Waals surface area (Å²) in [5.74, 6) is 1.09. The molecule has 0 amide bonds. The summed E-state index contributed by atoms with van der Waals surface area (Å²) < 4.78 is 13.0. The Labute approximate surface area is 87.3 Å². The van der Waals surface area contributed by atoms with E-state index in [1.54, 1.807) is 24.8 Å². The Morgan fingerprint density at radius 2 is 2.43 bits per heavy atom. The summed E-state index contributed by atoms with van der Waals surface area (Å²) in [7, 11) is 0. The summed E-state index contributed by atoms with van der Waals surface area (Å²) in [4.78, 5) is 1.16. The molecule has 3 heteroatoms. The third-order valence-corrected chi connectivity index (χ3v) is 3.73. The maximum Gasteiger partial charge on any atom is 0.123 e. The highest BCUT2D eigenvalue weighted by Gasteiger charge is 2.24. The summed E-state index contributed by atoms with van der Waals surface area (Å²) in [5.41, 5.74) is 1.07. The Hall–Kier alpha value is -0.540. The summed E-state index contributed by atoms with van der Waals surface area (Å²) in [5, 5.41) is 9.30.